The molecule has 2 atom stereocenters. The van der Waals surface area contributed by atoms with Crippen LogP contribution in [0.4, 0.5) is 0 Å². The summed E-state index contributed by atoms with van der Waals surface area (Å²) in [5, 5.41) is 1.24. The van der Waals surface area contributed by atoms with Crippen LogP contribution in [0, 0.1) is 11.3 Å². The maximum absolute atomic E-state index is 6.25. The molecule has 1 saturated heterocycles. The van der Waals surface area contributed by atoms with Gasteiger partial charge in [0.1, 0.15) is 0 Å². The van der Waals surface area contributed by atoms with E-state index in [1.807, 2.05) is 18.2 Å². The lowest BCUT2D eigenvalue weighted by atomic mass is 9.80. The molecule has 1 fully saturated rings. The van der Waals surface area contributed by atoms with Crippen LogP contribution in [0.1, 0.15) is 39.2 Å². The highest BCUT2D eigenvalue weighted by atomic mass is 35.5. The van der Waals surface area contributed by atoms with Gasteiger partial charge in [-0.3, -0.25) is 4.90 Å². The van der Waals surface area contributed by atoms with Gasteiger partial charge in [-0.25, -0.2) is 0 Å². The predicted molar refractivity (Wildman–Crippen MR) is 91.9 cm³/mol. The number of rotatable bonds is 3. The van der Waals surface area contributed by atoms with Gasteiger partial charge in [-0.1, -0.05) is 50.0 Å². The van der Waals surface area contributed by atoms with Crippen LogP contribution in [-0.2, 0) is 6.54 Å². The van der Waals surface area contributed by atoms with Crippen molar-refractivity contribution in [3.63, 3.8) is 0 Å². The summed E-state index contributed by atoms with van der Waals surface area (Å²) in [6.07, 6.45) is 2.35. The zero-order valence-corrected chi connectivity index (χ0v) is 14.7. The molecule has 0 amide bonds. The fraction of sp³-hybridized carbons (Fsp3) is 0.647. The summed E-state index contributed by atoms with van der Waals surface area (Å²) in [6, 6.07) is 6.15. The van der Waals surface area contributed by atoms with E-state index in [0.717, 1.165) is 26.1 Å². The average Bonchev–Trinajstić information content (AvgIpc) is 2.31. The van der Waals surface area contributed by atoms with Crippen LogP contribution >= 0.6 is 23.2 Å². The summed E-state index contributed by atoms with van der Waals surface area (Å²) < 4.78 is 0. The summed E-state index contributed by atoms with van der Waals surface area (Å²) in [7, 11) is 0. The number of hydrogen-bond acceptors (Lipinski definition) is 2. The molecule has 0 spiro atoms. The van der Waals surface area contributed by atoms with Crippen LogP contribution in [0.15, 0.2) is 18.2 Å². The monoisotopic (exact) mass is 328 g/mol. The fourth-order valence-electron chi connectivity index (χ4n) is 3.39. The summed E-state index contributed by atoms with van der Waals surface area (Å²) in [5.74, 6) is 0.677. The number of hydrogen-bond donors (Lipinski definition) is 1. The molecule has 118 valence electrons. The van der Waals surface area contributed by atoms with Crippen LogP contribution in [0.5, 0.6) is 0 Å². The van der Waals surface area contributed by atoms with Gasteiger partial charge in [-0.05, 0) is 41.9 Å². The van der Waals surface area contributed by atoms with Crippen molar-refractivity contribution >= 4 is 23.2 Å². The molecule has 21 heavy (non-hydrogen) atoms. The minimum Gasteiger partial charge on any atom is -0.327 e. The molecule has 1 aliphatic heterocycles. The molecule has 0 aliphatic carbocycles. The summed E-state index contributed by atoms with van der Waals surface area (Å²) in [4.78, 5) is 2.45. The zero-order chi connectivity index (χ0) is 15.6. The Kier molecular flexibility index (Phi) is 5.59. The van der Waals surface area contributed by atoms with Gasteiger partial charge in [0, 0.05) is 25.7 Å². The van der Waals surface area contributed by atoms with E-state index in [-0.39, 0.29) is 6.04 Å². The number of likely N-dealkylation sites (tertiary alicyclic amines) is 1. The fourth-order valence-corrected chi connectivity index (χ4v) is 3.71. The van der Waals surface area contributed by atoms with Crippen molar-refractivity contribution < 1.29 is 0 Å². The smallest absolute Gasteiger partial charge is 0.0595 e. The molecular formula is C17H26Cl2N2. The minimum atomic E-state index is 0.272. The topological polar surface area (TPSA) is 29.3 Å². The van der Waals surface area contributed by atoms with Gasteiger partial charge in [0.2, 0.25) is 0 Å². The Bertz CT molecular complexity index is 482. The average molecular weight is 329 g/mol. The van der Waals surface area contributed by atoms with Crippen LogP contribution < -0.4 is 5.73 Å². The van der Waals surface area contributed by atoms with Gasteiger partial charge in [0.05, 0.1) is 10.0 Å². The largest absolute Gasteiger partial charge is 0.327 e. The minimum absolute atomic E-state index is 0.272. The first-order valence-corrected chi connectivity index (χ1v) is 8.40. The first-order valence-electron chi connectivity index (χ1n) is 7.65. The normalized spacial score (nSPS) is 24.3. The maximum atomic E-state index is 6.25. The molecule has 2 rings (SSSR count). The molecule has 1 aromatic carbocycles. The lowest BCUT2D eigenvalue weighted by Crippen LogP contribution is -2.47. The van der Waals surface area contributed by atoms with Crippen LogP contribution in [0.25, 0.3) is 0 Å². The molecule has 1 aromatic rings. The third kappa shape index (κ3) is 5.45. The Hall–Kier alpha value is -0.280. The van der Waals surface area contributed by atoms with Crippen molar-refractivity contribution in [2.45, 2.75) is 46.2 Å². The number of nitrogens with two attached hydrogens (primary N) is 1. The van der Waals surface area contributed by atoms with Crippen molar-refractivity contribution in [3.8, 4) is 0 Å². The number of halogens is 2. The van der Waals surface area contributed by atoms with Crippen molar-refractivity contribution in [2.75, 3.05) is 13.1 Å². The molecule has 0 bridgehead atoms. The first kappa shape index (κ1) is 17.1. The predicted octanol–water partition coefficient (Wildman–Crippen LogP) is 4.58. The molecule has 2 nitrogen and oxygen atoms in total. The molecule has 4 heteroatoms. The lowest BCUT2D eigenvalue weighted by Gasteiger charge is -2.38. The van der Waals surface area contributed by atoms with Crippen molar-refractivity contribution in [1.82, 2.24) is 4.90 Å². The molecule has 0 radical (unpaired) electrons. The highest BCUT2D eigenvalue weighted by Crippen LogP contribution is 2.31. The summed E-state index contributed by atoms with van der Waals surface area (Å²) in [6.45, 7) is 9.88. The van der Waals surface area contributed by atoms with Crippen LogP contribution in [0.3, 0.4) is 0 Å². The quantitative estimate of drug-likeness (QED) is 0.879. The van der Waals surface area contributed by atoms with Gasteiger partial charge < -0.3 is 5.73 Å². The standard InChI is InChI=1S/C17H26Cl2N2/c1-17(2,3)8-13-6-14(20)11-21(10-13)9-12-4-5-15(18)16(19)7-12/h4-5,7,13-14H,6,8-11,20H2,1-3H3. The van der Waals surface area contributed by atoms with E-state index in [4.69, 9.17) is 28.9 Å². The SMILES string of the molecule is CC(C)(C)CC1CC(N)CN(Cc2ccc(Cl)c(Cl)c2)C1. The molecule has 1 heterocycles. The van der Waals surface area contributed by atoms with Crippen molar-refractivity contribution in [2.24, 2.45) is 17.1 Å². The number of piperidine rings is 1. The number of nitrogens with zero attached hydrogens (tertiary/aromatic N) is 1. The molecule has 2 N–H and O–H groups in total. The van der Waals surface area contributed by atoms with E-state index in [0.29, 0.717) is 21.4 Å². The Balaban J connectivity index is 2.00. The van der Waals surface area contributed by atoms with Crippen molar-refractivity contribution in [1.29, 1.82) is 0 Å². The van der Waals surface area contributed by atoms with Gasteiger partial charge in [-0.15, -0.1) is 0 Å². The van der Waals surface area contributed by atoms with Gasteiger partial charge >= 0.3 is 0 Å². The molecule has 1 aliphatic rings. The Labute approximate surface area is 138 Å². The second kappa shape index (κ2) is 6.87. The molecule has 2 unspecified atom stereocenters. The van der Waals surface area contributed by atoms with Crippen LogP contribution in [0.2, 0.25) is 10.0 Å². The third-order valence-electron chi connectivity index (χ3n) is 3.94. The zero-order valence-electron chi connectivity index (χ0n) is 13.2. The maximum Gasteiger partial charge on any atom is 0.0595 e. The lowest BCUT2D eigenvalue weighted by molar-refractivity contribution is 0.121. The van der Waals surface area contributed by atoms with E-state index in [2.05, 4.69) is 25.7 Å². The van der Waals surface area contributed by atoms with Crippen molar-refractivity contribution in [3.05, 3.63) is 33.8 Å². The van der Waals surface area contributed by atoms with E-state index in [1.54, 1.807) is 0 Å². The van der Waals surface area contributed by atoms with E-state index in [1.165, 1.54) is 12.0 Å². The molecule has 0 saturated carbocycles. The van der Waals surface area contributed by atoms with E-state index >= 15 is 0 Å². The Morgan fingerprint density at radius 2 is 1.90 bits per heavy atom. The number of benzene rings is 1. The first-order chi connectivity index (χ1) is 9.73. The highest BCUT2D eigenvalue weighted by molar-refractivity contribution is 6.42. The summed E-state index contributed by atoms with van der Waals surface area (Å²) in [5.41, 5.74) is 7.81. The van der Waals surface area contributed by atoms with E-state index < -0.39 is 0 Å². The van der Waals surface area contributed by atoms with Gasteiger partial charge in [0.15, 0.2) is 0 Å². The Morgan fingerprint density at radius 1 is 1.19 bits per heavy atom. The van der Waals surface area contributed by atoms with E-state index in [9.17, 15) is 0 Å². The molecule has 0 aromatic heterocycles. The van der Waals surface area contributed by atoms with Crippen LogP contribution in [-0.4, -0.2) is 24.0 Å². The molecular weight excluding hydrogens is 303 g/mol. The highest BCUT2D eigenvalue weighted by Gasteiger charge is 2.28. The third-order valence-corrected chi connectivity index (χ3v) is 4.68. The second-order valence-corrected chi connectivity index (χ2v) is 8.38. The van der Waals surface area contributed by atoms with Gasteiger partial charge in [-0.2, -0.15) is 0 Å². The Morgan fingerprint density at radius 3 is 2.52 bits per heavy atom. The summed E-state index contributed by atoms with van der Waals surface area (Å²) >= 11 is 12.1. The van der Waals surface area contributed by atoms with Gasteiger partial charge in [0.25, 0.3) is 0 Å². The second-order valence-electron chi connectivity index (χ2n) is 7.57.